The van der Waals surface area contributed by atoms with E-state index in [1.54, 1.807) is 0 Å². The Kier molecular flexibility index (Phi) is 13.1. The second kappa shape index (κ2) is 23.5. The number of hydrogen-bond donors (Lipinski definition) is 0. The molecule has 0 aliphatic rings. The Balaban J connectivity index is 0.645. The van der Waals surface area contributed by atoms with E-state index in [0.717, 1.165) is 133 Å². The molecule has 0 aliphatic heterocycles. The molecule has 6 heteroatoms. The van der Waals surface area contributed by atoms with E-state index in [4.69, 9.17) is 8.83 Å². The smallest absolute Gasteiger partial charge is 0.159 e. The lowest BCUT2D eigenvalue weighted by Crippen LogP contribution is -1.94. The molecule has 0 N–H and O–H groups in total. The van der Waals surface area contributed by atoms with Crippen LogP contribution in [0.4, 0.5) is 0 Å². The highest BCUT2D eigenvalue weighted by atomic mass is 16.3. The third kappa shape index (κ3) is 9.20. The van der Waals surface area contributed by atoms with Crippen LogP contribution in [0.1, 0.15) is 0 Å². The second-order valence-electron chi connectivity index (χ2n) is 28.7. The first-order chi connectivity index (χ1) is 53.5. The van der Waals surface area contributed by atoms with E-state index >= 15 is 0 Å². The van der Waals surface area contributed by atoms with Gasteiger partial charge in [0.05, 0.1) is 49.8 Å². The predicted molar refractivity (Wildman–Crippen MR) is 451 cm³/mol. The lowest BCUT2D eigenvalue weighted by molar-refractivity contribution is 0.666. The van der Waals surface area contributed by atoms with Gasteiger partial charge in [0.2, 0.25) is 0 Å². The first-order valence-corrected chi connectivity index (χ1v) is 37.0. The summed E-state index contributed by atoms with van der Waals surface area (Å²) in [5, 5.41) is 13.9. The van der Waals surface area contributed by atoms with Crippen LogP contribution >= 0.6 is 0 Å². The molecule has 0 atom stereocenters. The van der Waals surface area contributed by atoms with E-state index in [1.165, 1.54) is 87.8 Å². The first kappa shape index (κ1) is 60.0. The molecule has 0 saturated heterocycles. The van der Waals surface area contributed by atoms with Gasteiger partial charge in [-0.1, -0.05) is 224 Å². The van der Waals surface area contributed by atoms with Crippen LogP contribution in [-0.4, -0.2) is 18.3 Å². The molecule has 0 saturated carbocycles. The summed E-state index contributed by atoms with van der Waals surface area (Å²) in [6.07, 6.45) is 0. The van der Waals surface area contributed by atoms with Gasteiger partial charge in [-0.25, -0.2) is 0 Å². The average Bonchev–Trinajstić information content (AvgIpc) is 1.59. The number of aromatic nitrogens is 4. The molecule has 502 valence electrons. The van der Waals surface area contributed by atoms with Crippen LogP contribution < -0.4 is 0 Å². The van der Waals surface area contributed by atoms with Crippen molar-refractivity contribution in [1.82, 2.24) is 18.3 Å². The SMILES string of the molecule is c1ccc(-c2ccc3c(c2)c2cc(-c4ccc5c(c4)c4cc(-c6cccc(-c7cccc8c7oc7ccc(-n9c%10ccc(-c%11ccccc%11)cc%10c%10cc(-c%11ccc%12c(c%11)c%11ccccc%11n%12-c%11ccccc%11)ccc%109)cc78)c6)ccc4n5-c4cccc5c4oc4ccccc45)ccc2n3-c2ccccc2)cc1. The van der Waals surface area contributed by atoms with Crippen LogP contribution in [0, 0.1) is 0 Å². The number of benzene rings is 17. The number of rotatable bonds is 10. The van der Waals surface area contributed by atoms with E-state index in [1.807, 2.05) is 6.07 Å². The summed E-state index contributed by atoms with van der Waals surface area (Å²) in [6, 6.07) is 138. The van der Waals surface area contributed by atoms with Crippen molar-refractivity contribution in [1.29, 1.82) is 0 Å². The van der Waals surface area contributed by atoms with E-state index in [-0.39, 0.29) is 0 Å². The van der Waals surface area contributed by atoms with Crippen molar-refractivity contribution in [3.63, 3.8) is 0 Å². The first-order valence-electron chi connectivity index (χ1n) is 37.0. The molecular formula is C102H62N4O2. The lowest BCUT2D eigenvalue weighted by Gasteiger charge is -2.10. The summed E-state index contributed by atoms with van der Waals surface area (Å²) < 4.78 is 23.5. The fourth-order valence-electron chi connectivity index (χ4n) is 17.7. The molecule has 23 aromatic rings. The summed E-state index contributed by atoms with van der Waals surface area (Å²) in [6.45, 7) is 0. The fourth-order valence-corrected chi connectivity index (χ4v) is 17.7. The van der Waals surface area contributed by atoms with E-state index in [9.17, 15) is 0 Å². The average molecular weight is 1380 g/mol. The summed E-state index contributed by atoms with van der Waals surface area (Å²) in [4.78, 5) is 0. The highest BCUT2D eigenvalue weighted by Crippen LogP contribution is 2.47. The minimum Gasteiger partial charge on any atom is -0.455 e. The number of para-hydroxylation sites is 6. The van der Waals surface area contributed by atoms with Crippen molar-refractivity contribution in [3.05, 3.63) is 376 Å². The maximum atomic E-state index is 7.06. The molecule has 108 heavy (non-hydrogen) atoms. The normalized spacial score (nSPS) is 12.1. The van der Waals surface area contributed by atoms with Crippen LogP contribution in [0.3, 0.4) is 0 Å². The zero-order valence-corrected chi connectivity index (χ0v) is 58.4. The molecule has 23 rings (SSSR count). The van der Waals surface area contributed by atoms with Gasteiger partial charge in [-0.3, -0.25) is 0 Å². The van der Waals surface area contributed by atoms with Crippen molar-refractivity contribution >= 4 is 131 Å². The molecule has 17 aromatic carbocycles. The molecule has 0 radical (unpaired) electrons. The second-order valence-corrected chi connectivity index (χ2v) is 28.7. The van der Waals surface area contributed by atoms with Gasteiger partial charge in [-0.05, 0) is 213 Å². The molecule has 0 bridgehead atoms. The van der Waals surface area contributed by atoms with Crippen LogP contribution in [-0.2, 0) is 0 Å². The third-order valence-corrected chi connectivity index (χ3v) is 22.7. The summed E-state index contributed by atoms with van der Waals surface area (Å²) >= 11 is 0. The standard InChI is InChI=1S/C102H62N4O2/c1-5-20-63(21-6-1)66-38-46-92-83(55-66)85-59-71(41-49-93(85)104(92)75-28-11-4-12-29-75)72-44-52-97-88(61-72)87-58-68(43-51-96(87)106(97)98-36-19-34-80-79-31-14-16-37-99(79)108-102(80)98)65-24-17-25-73(54-65)77-32-18-33-81-89-62-76(45-53-100(89)107-101(77)81)105-94-47-39-67(64-22-7-2-8-23-64)56-84(94)86-60-70(42-50-95(86)105)69-40-48-91-82(57-69)78-30-13-15-35-90(78)103(91)74-26-9-3-10-27-74/h1-62H. The summed E-state index contributed by atoms with van der Waals surface area (Å²) in [7, 11) is 0. The summed E-state index contributed by atoms with van der Waals surface area (Å²) in [5.74, 6) is 0. The predicted octanol–water partition coefficient (Wildman–Crippen LogP) is 27.9. The van der Waals surface area contributed by atoms with Crippen LogP contribution in [0.15, 0.2) is 385 Å². The molecule has 0 unspecified atom stereocenters. The zero-order valence-electron chi connectivity index (χ0n) is 58.4. The maximum Gasteiger partial charge on any atom is 0.159 e. The third-order valence-electron chi connectivity index (χ3n) is 22.7. The number of fused-ring (bicyclic) bond motifs is 18. The van der Waals surface area contributed by atoms with Gasteiger partial charge in [0.1, 0.15) is 16.7 Å². The highest BCUT2D eigenvalue weighted by Gasteiger charge is 2.24. The molecular weight excluding hydrogens is 1310 g/mol. The van der Waals surface area contributed by atoms with Gasteiger partial charge in [-0.2, -0.15) is 0 Å². The van der Waals surface area contributed by atoms with Gasteiger partial charge >= 0.3 is 0 Å². The maximum absolute atomic E-state index is 7.06. The Hall–Kier alpha value is -14.5. The van der Waals surface area contributed by atoms with Crippen LogP contribution in [0.2, 0.25) is 0 Å². The Bertz CT molecular complexity index is 7660. The topological polar surface area (TPSA) is 46.0 Å². The van der Waals surface area contributed by atoms with Gasteiger partial charge in [0, 0.05) is 87.3 Å². The zero-order chi connectivity index (χ0) is 70.7. The monoisotopic (exact) mass is 1370 g/mol. The molecule has 6 heterocycles. The molecule has 0 aliphatic carbocycles. The van der Waals surface area contributed by atoms with E-state index in [2.05, 4.69) is 388 Å². The van der Waals surface area contributed by atoms with Gasteiger partial charge < -0.3 is 27.1 Å². The molecule has 0 fully saturated rings. The van der Waals surface area contributed by atoms with Crippen molar-refractivity contribution in [2.45, 2.75) is 0 Å². The number of furan rings is 2. The van der Waals surface area contributed by atoms with Gasteiger partial charge in [-0.15, -0.1) is 0 Å². The fraction of sp³-hybridized carbons (Fsp3) is 0. The molecule has 6 nitrogen and oxygen atoms in total. The van der Waals surface area contributed by atoms with Crippen LogP contribution in [0.5, 0.6) is 0 Å². The van der Waals surface area contributed by atoms with Gasteiger partial charge in [0.15, 0.2) is 5.58 Å². The Morgan fingerprint density at radius 3 is 1.00 bits per heavy atom. The largest absolute Gasteiger partial charge is 0.455 e. The van der Waals surface area contributed by atoms with Gasteiger partial charge in [0.25, 0.3) is 0 Å². The minimum atomic E-state index is 0.839. The molecule has 6 aromatic heterocycles. The van der Waals surface area contributed by atoms with E-state index in [0.29, 0.717) is 0 Å². The van der Waals surface area contributed by atoms with Crippen LogP contribution in [0.25, 0.3) is 221 Å². The summed E-state index contributed by atoms with van der Waals surface area (Å²) in [5.41, 5.74) is 30.7. The quantitative estimate of drug-likeness (QED) is 0.137. The molecule has 0 amide bonds. The van der Waals surface area contributed by atoms with Crippen molar-refractivity contribution in [2.75, 3.05) is 0 Å². The van der Waals surface area contributed by atoms with Crippen molar-refractivity contribution in [2.24, 2.45) is 0 Å². The lowest BCUT2D eigenvalue weighted by atomic mass is 9.96. The molecule has 0 spiro atoms. The Morgan fingerprint density at radius 1 is 0.157 bits per heavy atom. The highest BCUT2D eigenvalue weighted by molar-refractivity contribution is 6.18. The van der Waals surface area contributed by atoms with Crippen molar-refractivity contribution in [3.8, 4) is 89.5 Å². The Morgan fingerprint density at radius 2 is 0.491 bits per heavy atom. The number of nitrogens with zero attached hydrogens (tertiary/aromatic N) is 4. The van der Waals surface area contributed by atoms with Crippen molar-refractivity contribution < 1.29 is 8.83 Å². The Labute approximate surface area is 619 Å². The number of hydrogen-bond acceptors (Lipinski definition) is 2. The van der Waals surface area contributed by atoms with E-state index < -0.39 is 0 Å². The minimum absolute atomic E-state index is 0.839.